The van der Waals surface area contributed by atoms with E-state index in [4.69, 9.17) is 5.11 Å². The topological polar surface area (TPSA) is 116 Å². The van der Waals surface area contributed by atoms with E-state index >= 15 is 0 Å². The number of anilines is 3. The highest BCUT2D eigenvalue weighted by Gasteiger charge is 2.22. The molecule has 11 heteroatoms. The van der Waals surface area contributed by atoms with Crippen LogP contribution in [-0.4, -0.2) is 55.0 Å². The number of carbonyl (C=O) groups is 1. The van der Waals surface area contributed by atoms with E-state index in [1.165, 1.54) is 24.2 Å². The average molecular weight is 484 g/mol. The number of amides is 1. The maximum atomic E-state index is 14.7. The van der Waals surface area contributed by atoms with Gasteiger partial charge in [0.25, 0.3) is 0 Å². The summed E-state index contributed by atoms with van der Waals surface area (Å²) in [6.45, 7) is 2.28. The molecular weight excluding hydrogens is 457 g/mol. The molecule has 1 saturated carbocycles. The van der Waals surface area contributed by atoms with E-state index < -0.39 is 12.4 Å². The van der Waals surface area contributed by atoms with Crippen molar-refractivity contribution in [2.45, 2.75) is 51.6 Å². The van der Waals surface area contributed by atoms with Crippen molar-refractivity contribution in [1.82, 2.24) is 24.8 Å². The van der Waals surface area contributed by atoms with Crippen molar-refractivity contribution in [3.63, 3.8) is 0 Å². The van der Waals surface area contributed by atoms with Crippen molar-refractivity contribution in [3.05, 3.63) is 41.1 Å². The van der Waals surface area contributed by atoms with Crippen molar-refractivity contribution < 1.29 is 14.3 Å². The molecule has 0 aromatic carbocycles. The predicted molar refractivity (Wildman–Crippen MR) is 127 cm³/mol. The fourth-order valence-electron chi connectivity index (χ4n) is 4.42. The quantitative estimate of drug-likeness (QED) is 0.488. The molecule has 3 N–H and O–H groups in total. The van der Waals surface area contributed by atoms with Crippen LogP contribution in [0.5, 0.6) is 0 Å². The van der Waals surface area contributed by atoms with Gasteiger partial charge in [-0.25, -0.2) is 24.3 Å². The smallest absolute Gasteiger partial charge is 0.248 e. The zero-order valence-electron chi connectivity index (χ0n) is 18.8. The lowest BCUT2D eigenvalue weighted by molar-refractivity contribution is -0.135. The summed E-state index contributed by atoms with van der Waals surface area (Å²) in [5.74, 6) is -0.00508. The largest absolute Gasteiger partial charge is 0.387 e. The molecule has 1 amide bonds. The molecule has 5 rings (SSSR count). The Balaban J connectivity index is 1.34. The van der Waals surface area contributed by atoms with Crippen molar-refractivity contribution in [2.24, 2.45) is 0 Å². The van der Waals surface area contributed by atoms with Crippen LogP contribution in [0.15, 0.2) is 18.3 Å². The van der Waals surface area contributed by atoms with Gasteiger partial charge in [-0.05, 0) is 31.4 Å². The number of thiazole rings is 1. The average Bonchev–Trinajstić information content (AvgIpc) is 3.49. The fraction of sp³-hybridized carbons (Fsp3) is 0.435. The SMILES string of the molecule is Cc1nc(NC2CCCC2)sc1-c1nc(Nc2ccc3c(n2)CCN(C(=O)CO)C3)ncc1F. The zero-order chi connectivity index (χ0) is 23.7. The van der Waals surface area contributed by atoms with Gasteiger partial charge in [0, 0.05) is 31.2 Å². The standard InChI is InChI=1S/C23H26FN7O2S/c1-13-21(34-23(26-13)27-15-4-2-3-5-15)20-16(24)10-25-22(30-20)29-18-7-6-14-11-31(19(33)12-32)9-8-17(14)28-18/h6-7,10,15,32H,2-5,8-9,11-12H2,1H3,(H,26,27)(H,25,28,29,30). The highest BCUT2D eigenvalue weighted by Crippen LogP contribution is 2.35. The van der Waals surface area contributed by atoms with Crippen LogP contribution in [-0.2, 0) is 17.8 Å². The Hall–Kier alpha value is -3.18. The third kappa shape index (κ3) is 4.71. The lowest BCUT2D eigenvalue weighted by Gasteiger charge is -2.28. The van der Waals surface area contributed by atoms with Gasteiger partial charge >= 0.3 is 0 Å². The van der Waals surface area contributed by atoms with E-state index in [1.807, 2.05) is 13.0 Å². The van der Waals surface area contributed by atoms with E-state index in [-0.39, 0.29) is 17.5 Å². The Kier molecular flexibility index (Phi) is 6.38. The van der Waals surface area contributed by atoms with Gasteiger partial charge in [0.1, 0.15) is 18.1 Å². The van der Waals surface area contributed by atoms with Crippen LogP contribution in [0, 0.1) is 12.7 Å². The summed E-state index contributed by atoms with van der Waals surface area (Å²) in [6.07, 6.45) is 6.45. The number of rotatable bonds is 6. The molecule has 1 fully saturated rings. The second-order valence-corrected chi connectivity index (χ2v) is 9.60. The number of nitrogens with one attached hydrogen (secondary N) is 2. The van der Waals surface area contributed by atoms with Crippen LogP contribution in [0.1, 0.15) is 42.6 Å². The van der Waals surface area contributed by atoms with Gasteiger partial charge < -0.3 is 20.6 Å². The predicted octanol–water partition coefficient (Wildman–Crippen LogP) is 3.42. The number of halogens is 1. The van der Waals surface area contributed by atoms with E-state index in [9.17, 15) is 9.18 Å². The second-order valence-electron chi connectivity index (χ2n) is 8.60. The third-order valence-electron chi connectivity index (χ3n) is 6.21. The summed E-state index contributed by atoms with van der Waals surface area (Å²) in [5, 5.41) is 16.4. The number of aliphatic hydroxyl groups is 1. The molecule has 2 aliphatic rings. The molecule has 0 saturated heterocycles. The Bertz CT molecular complexity index is 1210. The molecule has 0 radical (unpaired) electrons. The molecule has 1 aliphatic carbocycles. The summed E-state index contributed by atoms with van der Waals surface area (Å²) in [6, 6.07) is 4.09. The van der Waals surface area contributed by atoms with Crippen LogP contribution >= 0.6 is 11.3 Å². The molecule has 0 atom stereocenters. The molecule has 3 aromatic rings. The number of aliphatic hydroxyl groups excluding tert-OH is 1. The molecule has 3 aromatic heterocycles. The van der Waals surface area contributed by atoms with E-state index in [0.717, 1.165) is 41.1 Å². The number of aromatic nitrogens is 4. The second kappa shape index (κ2) is 9.59. The molecular formula is C23H26FN7O2S. The van der Waals surface area contributed by atoms with Crippen LogP contribution in [0.3, 0.4) is 0 Å². The Morgan fingerprint density at radius 3 is 2.88 bits per heavy atom. The zero-order valence-corrected chi connectivity index (χ0v) is 19.7. The summed E-state index contributed by atoms with van der Waals surface area (Å²) in [4.78, 5) is 31.8. The van der Waals surface area contributed by atoms with E-state index in [0.29, 0.717) is 36.2 Å². The van der Waals surface area contributed by atoms with Crippen molar-refractivity contribution in [1.29, 1.82) is 0 Å². The molecule has 0 bridgehead atoms. The van der Waals surface area contributed by atoms with Crippen LogP contribution < -0.4 is 10.6 Å². The maximum Gasteiger partial charge on any atom is 0.248 e. The molecule has 1 aliphatic heterocycles. The Morgan fingerprint density at radius 2 is 2.09 bits per heavy atom. The van der Waals surface area contributed by atoms with Crippen LogP contribution in [0.25, 0.3) is 10.6 Å². The lowest BCUT2D eigenvalue weighted by Crippen LogP contribution is -2.37. The Labute approximate surface area is 200 Å². The van der Waals surface area contributed by atoms with Gasteiger partial charge in [-0.15, -0.1) is 0 Å². The number of nitrogens with zero attached hydrogens (tertiary/aromatic N) is 5. The number of carbonyl (C=O) groups excluding carboxylic acids is 1. The van der Waals surface area contributed by atoms with Gasteiger partial charge in [-0.3, -0.25) is 4.79 Å². The number of hydrogen-bond acceptors (Lipinski definition) is 9. The van der Waals surface area contributed by atoms with Gasteiger partial charge in [0.05, 0.1) is 16.8 Å². The Morgan fingerprint density at radius 1 is 1.26 bits per heavy atom. The first kappa shape index (κ1) is 22.6. The van der Waals surface area contributed by atoms with Gasteiger partial charge in [-0.2, -0.15) is 0 Å². The summed E-state index contributed by atoms with van der Waals surface area (Å²) >= 11 is 1.41. The van der Waals surface area contributed by atoms with Crippen molar-refractivity contribution >= 4 is 34.1 Å². The lowest BCUT2D eigenvalue weighted by atomic mass is 10.1. The van der Waals surface area contributed by atoms with Gasteiger partial charge in [0.2, 0.25) is 11.9 Å². The van der Waals surface area contributed by atoms with Crippen LogP contribution in [0.2, 0.25) is 0 Å². The number of aryl methyl sites for hydroxylation is 1. The summed E-state index contributed by atoms with van der Waals surface area (Å²) < 4.78 is 14.7. The molecule has 0 spiro atoms. The minimum Gasteiger partial charge on any atom is -0.387 e. The first-order valence-electron chi connectivity index (χ1n) is 11.4. The first-order chi connectivity index (χ1) is 16.5. The molecule has 0 unspecified atom stereocenters. The van der Waals surface area contributed by atoms with Crippen LogP contribution in [0.4, 0.5) is 21.3 Å². The van der Waals surface area contributed by atoms with Gasteiger partial charge in [0.15, 0.2) is 10.9 Å². The number of pyridine rings is 1. The highest BCUT2D eigenvalue weighted by atomic mass is 32.1. The summed E-state index contributed by atoms with van der Waals surface area (Å²) in [5.41, 5.74) is 2.74. The van der Waals surface area contributed by atoms with E-state index in [1.54, 1.807) is 11.0 Å². The summed E-state index contributed by atoms with van der Waals surface area (Å²) in [7, 11) is 0. The fourth-order valence-corrected chi connectivity index (χ4v) is 5.46. The molecule has 34 heavy (non-hydrogen) atoms. The third-order valence-corrected chi connectivity index (χ3v) is 7.31. The molecule has 178 valence electrons. The first-order valence-corrected chi connectivity index (χ1v) is 12.2. The molecule has 4 heterocycles. The monoisotopic (exact) mass is 483 g/mol. The van der Waals surface area contributed by atoms with Crippen molar-refractivity contribution in [2.75, 3.05) is 23.8 Å². The van der Waals surface area contributed by atoms with Gasteiger partial charge in [-0.1, -0.05) is 30.2 Å². The highest BCUT2D eigenvalue weighted by molar-refractivity contribution is 7.19. The minimum atomic E-state index is -0.503. The number of hydrogen-bond donors (Lipinski definition) is 3. The number of fused-ring (bicyclic) bond motifs is 1. The van der Waals surface area contributed by atoms with Crippen molar-refractivity contribution in [3.8, 4) is 10.6 Å². The maximum absolute atomic E-state index is 14.7. The normalized spacial score (nSPS) is 15.9. The van der Waals surface area contributed by atoms with E-state index in [2.05, 4.69) is 30.6 Å². The molecule has 9 nitrogen and oxygen atoms in total. The minimum absolute atomic E-state index is 0.211.